The molecule has 0 saturated carbocycles. The van der Waals surface area contributed by atoms with E-state index < -0.39 is 35.3 Å². The topological polar surface area (TPSA) is 125 Å². The normalized spacial score (nSPS) is 29.9. The monoisotopic (exact) mass is 268 g/mol. The second-order valence-electron chi connectivity index (χ2n) is 3.76. The molecule has 0 spiro atoms. The molecule has 0 aliphatic carbocycles. The molecule has 3 atom stereocenters. The number of rotatable bonds is 4. The van der Waals surface area contributed by atoms with Gasteiger partial charge in [0.1, 0.15) is 0 Å². The summed E-state index contributed by atoms with van der Waals surface area (Å²) in [4.78, 5) is 10.8. The van der Waals surface area contributed by atoms with Crippen molar-refractivity contribution in [2.24, 2.45) is 0 Å². The van der Waals surface area contributed by atoms with Crippen LogP contribution in [0.25, 0.3) is 0 Å². The van der Waals surface area contributed by atoms with Gasteiger partial charge in [-0.15, -0.1) is 0 Å². The molecule has 100 valence electrons. The highest BCUT2D eigenvalue weighted by atomic mass is 32.3. The molecule has 2 unspecified atom stereocenters. The van der Waals surface area contributed by atoms with Gasteiger partial charge in [-0.2, -0.15) is 0 Å². The Morgan fingerprint density at radius 3 is 2.76 bits per heavy atom. The molecule has 1 heterocycles. The maximum absolute atomic E-state index is 10.8. The molecule has 1 amide bonds. The maximum atomic E-state index is 10.8. The summed E-state index contributed by atoms with van der Waals surface area (Å²) < 4.78 is 39.8. The van der Waals surface area contributed by atoms with Gasteiger partial charge in [0.15, 0.2) is 0 Å². The Kier molecular flexibility index (Phi) is 4.83. The minimum Gasteiger partial charge on any atom is -0.726 e. The Balaban J connectivity index is 2.39. The van der Waals surface area contributed by atoms with Crippen molar-refractivity contribution >= 4 is 16.3 Å². The van der Waals surface area contributed by atoms with Crippen molar-refractivity contribution in [3.8, 4) is 0 Å². The van der Waals surface area contributed by atoms with Crippen LogP contribution in [0.5, 0.6) is 0 Å². The first-order chi connectivity index (χ1) is 7.78. The summed E-state index contributed by atoms with van der Waals surface area (Å²) in [7, 11) is -4.75. The van der Waals surface area contributed by atoms with Gasteiger partial charge in [-0.3, -0.25) is 8.98 Å². The lowest BCUT2D eigenvalue weighted by Crippen LogP contribution is -2.52. The summed E-state index contributed by atoms with van der Waals surface area (Å²) in [5.74, 6) is -0.297. The van der Waals surface area contributed by atoms with Crippen LogP contribution in [0.2, 0.25) is 0 Å². The fourth-order valence-corrected chi connectivity index (χ4v) is 1.85. The fraction of sp³-hybridized carbons (Fsp3) is 0.875. The van der Waals surface area contributed by atoms with Gasteiger partial charge in [0, 0.05) is 13.3 Å². The van der Waals surface area contributed by atoms with Crippen LogP contribution in [0.4, 0.5) is 0 Å². The average Bonchev–Trinajstić information content (AvgIpc) is 2.17. The number of hydrogen-bond donors (Lipinski definition) is 2. The number of aliphatic hydroxyl groups excluding tert-OH is 1. The van der Waals surface area contributed by atoms with Crippen molar-refractivity contribution in [2.45, 2.75) is 31.6 Å². The molecule has 1 aliphatic rings. The molecule has 0 aromatic rings. The van der Waals surface area contributed by atoms with Crippen LogP contribution in [0.3, 0.4) is 0 Å². The minimum atomic E-state index is -4.75. The van der Waals surface area contributed by atoms with Crippen LogP contribution in [0.15, 0.2) is 0 Å². The zero-order valence-electron chi connectivity index (χ0n) is 9.16. The van der Waals surface area contributed by atoms with Gasteiger partial charge in [0.25, 0.3) is 0 Å². The summed E-state index contributed by atoms with van der Waals surface area (Å²) >= 11 is 0. The van der Waals surface area contributed by atoms with Crippen LogP contribution in [-0.4, -0.2) is 55.4 Å². The molecule has 1 rings (SSSR count). The molecule has 0 aromatic carbocycles. The van der Waals surface area contributed by atoms with Crippen LogP contribution in [0.1, 0.15) is 13.3 Å². The van der Waals surface area contributed by atoms with Gasteiger partial charge in [0.05, 0.1) is 31.5 Å². The van der Waals surface area contributed by atoms with Gasteiger partial charge in [0.2, 0.25) is 16.3 Å². The molecule has 1 saturated heterocycles. The standard InChI is InChI=1S/C8H15NO7S/c1-5(10)9-7-4-15-6(2-8(7)11)3-16-17(12,13)14/h6-8,11H,2-4H2,1H3,(H,9,10)(H,12,13,14)/p-1/t6?,7?,8-/m0/s1. The van der Waals surface area contributed by atoms with E-state index in [-0.39, 0.29) is 18.9 Å². The van der Waals surface area contributed by atoms with Crippen LogP contribution < -0.4 is 5.32 Å². The first kappa shape index (κ1) is 14.3. The lowest BCUT2D eigenvalue weighted by atomic mass is 10.0. The van der Waals surface area contributed by atoms with Gasteiger partial charge in [-0.1, -0.05) is 0 Å². The van der Waals surface area contributed by atoms with E-state index in [2.05, 4.69) is 9.50 Å². The number of hydrogen-bond acceptors (Lipinski definition) is 7. The van der Waals surface area contributed by atoms with Gasteiger partial charge in [-0.25, -0.2) is 8.42 Å². The number of amides is 1. The number of ether oxygens (including phenoxy) is 1. The molecule has 0 bridgehead atoms. The Morgan fingerprint density at radius 1 is 1.65 bits per heavy atom. The highest BCUT2D eigenvalue weighted by Crippen LogP contribution is 2.15. The minimum absolute atomic E-state index is 0.0354. The van der Waals surface area contributed by atoms with Gasteiger partial charge >= 0.3 is 0 Å². The van der Waals surface area contributed by atoms with Crippen molar-refractivity contribution < 1.29 is 31.8 Å². The predicted molar refractivity (Wildman–Crippen MR) is 53.6 cm³/mol. The second kappa shape index (κ2) is 5.74. The lowest BCUT2D eigenvalue weighted by Gasteiger charge is -2.33. The third-order valence-corrected chi connectivity index (χ3v) is 2.69. The molecule has 8 nitrogen and oxygen atoms in total. The first-order valence-corrected chi connectivity index (χ1v) is 6.28. The molecule has 2 N–H and O–H groups in total. The molecule has 17 heavy (non-hydrogen) atoms. The largest absolute Gasteiger partial charge is 0.726 e. The highest BCUT2D eigenvalue weighted by Gasteiger charge is 2.30. The molecule has 1 fully saturated rings. The Bertz CT molecular complexity index is 368. The molecular formula is C8H14NO7S-. The van der Waals surface area contributed by atoms with E-state index in [1.807, 2.05) is 0 Å². The van der Waals surface area contributed by atoms with Crippen molar-refractivity contribution in [2.75, 3.05) is 13.2 Å². The smallest absolute Gasteiger partial charge is 0.217 e. The Hall–Kier alpha value is -0.740. The molecule has 0 radical (unpaired) electrons. The van der Waals surface area contributed by atoms with Crippen molar-refractivity contribution in [3.05, 3.63) is 0 Å². The molecule has 0 aromatic heterocycles. The zero-order chi connectivity index (χ0) is 13.1. The molecule has 9 heteroatoms. The van der Waals surface area contributed by atoms with Crippen LogP contribution >= 0.6 is 0 Å². The number of carbonyl (C=O) groups excluding carboxylic acids is 1. The van der Waals surface area contributed by atoms with Gasteiger partial charge in [-0.05, 0) is 0 Å². The van der Waals surface area contributed by atoms with E-state index >= 15 is 0 Å². The van der Waals surface area contributed by atoms with E-state index in [1.54, 1.807) is 0 Å². The predicted octanol–water partition coefficient (Wildman–Crippen LogP) is -1.88. The van der Waals surface area contributed by atoms with Crippen molar-refractivity contribution in [3.63, 3.8) is 0 Å². The van der Waals surface area contributed by atoms with E-state index in [0.29, 0.717) is 0 Å². The van der Waals surface area contributed by atoms with E-state index in [4.69, 9.17) is 4.74 Å². The summed E-state index contributed by atoms with van der Waals surface area (Å²) in [5, 5.41) is 12.1. The summed E-state index contributed by atoms with van der Waals surface area (Å²) in [6.07, 6.45) is -1.46. The quantitative estimate of drug-likeness (QED) is 0.451. The zero-order valence-corrected chi connectivity index (χ0v) is 9.97. The maximum Gasteiger partial charge on any atom is 0.217 e. The number of nitrogens with one attached hydrogen (secondary N) is 1. The highest BCUT2D eigenvalue weighted by molar-refractivity contribution is 7.80. The van der Waals surface area contributed by atoms with E-state index in [9.17, 15) is 22.9 Å². The van der Waals surface area contributed by atoms with E-state index in [0.717, 1.165) is 0 Å². The molecular weight excluding hydrogens is 254 g/mol. The summed E-state index contributed by atoms with van der Waals surface area (Å²) in [6.45, 7) is 0.912. The number of aliphatic hydroxyl groups is 1. The van der Waals surface area contributed by atoms with Crippen LogP contribution in [0, 0.1) is 0 Å². The third-order valence-electron chi connectivity index (χ3n) is 2.27. The third kappa shape index (κ3) is 5.41. The summed E-state index contributed by atoms with van der Waals surface area (Å²) in [5.41, 5.74) is 0. The van der Waals surface area contributed by atoms with Crippen molar-refractivity contribution in [1.29, 1.82) is 0 Å². The first-order valence-electron chi connectivity index (χ1n) is 4.95. The van der Waals surface area contributed by atoms with Gasteiger partial charge < -0.3 is 19.7 Å². The van der Waals surface area contributed by atoms with Crippen molar-refractivity contribution in [1.82, 2.24) is 5.32 Å². The van der Waals surface area contributed by atoms with Crippen LogP contribution in [-0.2, 0) is 24.1 Å². The second-order valence-corrected chi connectivity index (χ2v) is 4.81. The SMILES string of the molecule is CC(=O)NC1COC(COS(=O)(=O)[O-])C[C@@H]1O. The Morgan fingerprint density at radius 2 is 2.29 bits per heavy atom. The average molecular weight is 268 g/mol. The lowest BCUT2D eigenvalue weighted by molar-refractivity contribution is -0.125. The fourth-order valence-electron chi connectivity index (χ4n) is 1.53. The molecule has 1 aliphatic heterocycles. The Labute approximate surface area is 98.9 Å². The van der Waals surface area contributed by atoms with E-state index in [1.165, 1.54) is 6.92 Å². The summed E-state index contributed by atoms with van der Waals surface area (Å²) in [6, 6.07) is -0.535. The number of carbonyl (C=O) groups is 1.